The maximum atomic E-state index is 11.2. The summed E-state index contributed by atoms with van der Waals surface area (Å²) >= 11 is 0. The molecule has 3 aromatic rings. The zero-order chi connectivity index (χ0) is 21.6. The van der Waals surface area contributed by atoms with Crippen molar-refractivity contribution < 1.29 is 14.6 Å². The van der Waals surface area contributed by atoms with Gasteiger partial charge in [-0.05, 0) is 69.4 Å². The van der Waals surface area contributed by atoms with E-state index in [1.165, 1.54) is 5.56 Å². The number of H-pyrrole nitrogens is 1. The van der Waals surface area contributed by atoms with Crippen LogP contribution < -0.4 is 4.90 Å². The zero-order valence-electron chi connectivity index (χ0n) is 18.0. The Kier molecular flexibility index (Phi) is 4.93. The average molecular weight is 421 g/mol. The van der Waals surface area contributed by atoms with Crippen LogP contribution >= 0.6 is 0 Å². The van der Waals surface area contributed by atoms with Crippen LogP contribution in [0, 0.1) is 12.3 Å². The van der Waals surface area contributed by atoms with E-state index in [1.807, 2.05) is 6.20 Å². The first kappa shape index (κ1) is 20.0. The Balaban J connectivity index is 1.17. The lowest BCUT2D eigenvalue weighted by Gasteiger charge is -2.44. The van der Waals surface area contributed by atoms with E-state index >= 15 is 0 Å². The minimum Gasteiger partial charge on any atom is -0.481 e. The first-order valence-corrected chi connectivity index (χ1v) is 11.0. The SMILES string of the molecule is Cc1ccc2[nH]c(-c3ccc(N4CCC(O[C@H]5C[C@@](C)(C(=O)O)C5)CC4)nc3)nc2c1. The van der Waals surface area contributed by atoms with Gasteiger partial charge in [0.1, 0.15) is 11.6 Å². The standard InChI is InChI=1S/C24H28N4O3/c1-15-3-5-19-20(11-15)27-22(26-19)16-4-6-21(25-14-16)28-9-7-17(8-10-28)31-18-12-24(2,13-18)23(29)30/h3-6,11,14,17-18H,7-10,12-13H2,1-2H3,(H,26,27)(H,29,30)/t18-,24+. The highest BCUT2D eigenvalue weighted by Gasteiger charge is 2.47. The molecule has 0 radical (unpaired) electrons. The monoisotopic (exact) mass is 420 g/mol. The molecule has 1 saturated heterocycles. The molecule has 1 aromatic carbocycles. The first-order chi connectivity index (χ1) is 14.9. The number of aromatic nitrogens is 3. The molecule has 0 unspecified atom stereocenters. The van der Waals surface area contributed by atoms with E-state index in [2.05, 4.69) is 52.1 Å². The van der Waals surface area contributed by atoms with E-state index in [-0.39, 0.29) is 12.2 Å². The normalized spacial score (nSPS) is 24.3. The van der Waals surface area contributed by atoms with Crippen molar-refractivity contribution in [2.45, 2.75) is 51.7 Å². The number of aromatic amines is 1. The van der Waals surface area contributed by atoms with Gasteiger partial charge in [0.25, 0.3) is 0 Å². The van der Waals surface area contributed by atoms with Crippen LogP contribution in [-0.2, 0) is 9.53 Å². The number of fused-ring (bicyclic) bond motifs is 1. The highest BCUT2D eigenvalue weighted by molar-refractivity contribution is 5.80. The van der Waals surface area contributed by atoms with Crippen LogP contribution in [0.5, 0.6) is 0 Å². The van der Waals surface area contributed by atoms with Crippen LogP contribution in [-0.4, -0.2) is 51.3 Å². The Morgan fingerprint density at radius 3 is 2.65 bits per heavy atom. The van der Waals surface area contributed by atoms with Crippen LogP contribution in [0.25, 0.3) is 22.4 Å². The number of carboxylic acid groups (broad SMARTS) is 1. The smallest absolute Gasteiger partial charge is 0.309 e. The van der Waals surface area contributed by atoms with Crippen molar-refractivity contribution in [2.24, 2.45) is 5.41 Å². The second-order valence-electron chi connectivity index (χ2n) is 9.23. The number of piperidine rings is 1. The Labute approximate surface area is 181 Å². The topological polar surface area (TPSA) is 91.3 Å². The molecule has 0 amide bonds. The second-order valence-corrected chi connectivity index (χ2v) is 9.23. The van der Waals surface area contributed by atoms with Crippen molar-refractivity contribution in [3.8, 4) is 11.4 Å². The lowest BCUT2D eigenvalue weighted by atomic mass is 9.68. The van der Waals surface area contributed by atoms with Crippen LogP contribution in [0.4, 0.5) is 5.82 Å². The van der Waals surface area contributed by atoms with E-state index in [0.29, 0.717) is 12.8 Å². The van der Waals surface area contributed by atoms with E-state index in [0.717, 1.165) is 54.2 Å². The van der Waals surface area contributed by atoms with E-state index in [1.54, 1.807) is 6.92 Å². The summed E-state index contributed by atoms with van der Waals surface area (Å²) in [4.78, 5) is 26.3. The van der Waals surface area contributed by atoms with Crippen molar-refractivity contribution >= 4 is 22.8 Å². The fourth-order valence-corrected chi connectivity index (χ4v) is 4.67. The van der Waals surface area contributed by atoms with Gasteiger partial charge in [-0.25, -0.2) is 9.97 Å². The molecule has 31 heavy (non-hydrogen) atoms. The Morgan fingerprint density at radius 2 is 1.97 bits per heavy atom. The number of ether oxygens (including phenoxy) is 1. The molecule has 2 aromatic heterocycles. The molecular weight excluding hydrogens is 392 g/mol. The number of imidazole rings is 1. The van der Waals surface area contributed by atoms with Crippen molar-refractivity contribution in [1.82, 2.24) is 15.0 Å². The van der Waals surface area contributed by atoms with Gasteiger partial charge in [0.05, 0.1) is 28.7 Å². The van der Waals surface area contributed by atoms with E-state index < -0.39 is 11.4 Å². The number of carbonyl (C=O) groups is 1. The minimum absolute atomic E-state index is 0.0858. The molecule has 162 valence electrons. The summed E-state index contributed by atoms with van der Waals surface area (Å²) in [5, 5.41) is 9.24. The predicted molar refractivity (Wildman–Crippen MR) is 119 cm³/mol. The zero-order valence-corrected chi connectivity index (χ0v) is 18.0. The second kappa shape index (κ2) is 7.64. The molecule has 7 nitrogen and oxygen atoms in total. The lowest BCUT2D eigenvalue weighted by Crippen LogP contribution is -2.48. The summed E-state index contributed by atoms with van der Waals surface area (Å²) in [5.74, 6) is 1.09. The molecule has 2 aliphatic rings. The quantitative estimate of drug-likeness (QED) is 0.644. The molecule has 1 saturated carbocycles. The Morgan fingerprint density at radius 1 is 1.19 bits per heavy atom. The number of benzene rings is 1. The van der Waals surface area contributed by atoms with Crippen LogP contribution in [0.3, 0.4) is 0 Å². The molecule has 2 N–H and O–H groups in total. The van der Waals surface area contributed by atoms with Gasteiger partial charge in [-0.3, -0.25) is 4.79 Å². The maximum absolute atomic E-state index is 11.2. The molecule has 0 spiro atoms. The van der Waals surface area contributed by atoms with Gasteiger partial charge in [-0.2, -0.15) is 0 Å². The van der Waals surface area contributed by atoms with Crippen molar-refractivity contribution in [1.29, 1.82) is 0 Å². The van der Waals surface area contributed by atoms with Crippen LogP contribution in [0.1, 0.15) is 38.2 Å². The number of anilines is 1. The van der Waals surface area contributed by atoms with Crippen molar-refractivity contribution in [2.75, 3.05) is 18.0 Å². The van der Waals surface area contributed by atoms with Crippen molar-refractivity contribution in [3.63, 3.8) is 0 Å². The third-order valence-corrected chi connectivity index (χ3v) is 6.68. The third kappa shape index (κ3) is 3.90. The molecule has 5 rings (SSSR count). The molecule has 0 atom stereocenters. The first-order valence-electron chi connectivity index (χ1n) is 11.0. The summed E-state index contributed by atoms with van der Waals surface area (Å²) < 4.78 is 6.15. The third-order valence-electron chi connectivity index (χ3n) is 6.68. The van der Waals surface area contributed by atoms with E-state index in [9.17, 15) is 9.90 Å². The summed E-state index contributed by atoms with van der Waals surface area (Å²) in [6.07, 6.45) is 5.28. The van der Waals surface area contributed by atoms with Gasteiger partial charge >= 0.3 is 5.97 Å². The average Bonchev–Trinajstić information content (AvgIpc) is 3.16. The summed E-state index contributed by atoms with van der Waals surface area (Å²) in [5.41, 5.74) is 3.57. The fraction of sp³-hybridized carbons (Fsp3) is 0.458. The lowest BCUT2D eigenvalue weighted by molar-refractivity contribution is -0.170. The Bertz CT molecular complexity index is 1090. The summed E-state index contributed by atoms with van der Waals surface area (Å²) in [6.45, 7) is 5.66. The molecular formula is C24H28N4O3. The number of nitrogens with zero attached hydrogens (tertiary/aromatic N) is 3. The molecule has 7 heteroatoms. The molecule has 2 fully saturated rings. The van der Waals surface area contributed by atoms with Gasteiger partial charge in [-0.1, -0.05) is 6.07 Å². The van der Waals surface area contributed by atoms with E-state index in [4.69, 9.17) is 9.72 Å². The molecule has 0 bridgehead atoms. The molecule has 3 heterocycles. The van der Waals surface area contributed by atoms with Gasteiger partial charge in [-0.15, -0.1) is 0 Å². The number of aliphatic carboxylic acids is 1. The van der Waals surface area contributed by atoms with Crippen LogP contribution in [0.15, 0.2) is 36.5 Å². The number of pyridine rings is 1. The van der Waals surface area contributed by atoms with Crippen LogP contribution in [0.2, 0.25) is 0 Å². The predicted octanol–water partition coefficient (Wildman–Crippen LogP) is 4.17. The highest BCUT2D eigenvalue weighted by atomic mass is 16.5. The molecule has 1 aliphatic heterocycles. The number of hydrogen-bond donors (Lipinski definition) is 2. The minimum atomic E-state index is -0.713. The maximum Gasteiger partial charge on any atom is 0.309 e. The fourth-order valence-electron chi connectivity index (χ4n) is 4.67. The largest absolute Gasteiger partial charge is 0.481 e. The summed E-state index contributed by atoms with van der Waals surface area (Å²) in [6, 6.07) is 10.3. The highest BCUT2D eigenvalue weighted by Crippen LogP contribution is 2.43. The molecule has 1 aliphatic carbocycles. The van der Waals surface area contributed by atoms with Gasteiger partial charge in [0, 0.05) is 24.8 Å². The summed E-state index contributed by atoms with van der Waals surface area (Å²) in [7, 11) is 0. The number of hydrogen-bond acceptors (Lipinski definition) is 5. The Hall–Kier alpha value is -2.93. The number of rotatable bonds is 5. The van der Waals surface area contributed by atoms with Gasteiger partial charge in [0.2, 0.25) is 0 Å². The number of aryl methyl sites for hydroxylation is 1. The van der Waals surface area contributed by atoms with Gasteiger partial charge in [0.15, 0.2) is 0 Å². The number of carboxylic acids is 1. The number of nitrogens with one attached hydrogen (secondary N) is 1. The van der Waals surface area contributed by atoms with Crippen molar-refractivity contribution in [3.05, 3.63) is 42.1 Å². The van der Waals surface area contributed by atoms with Gasteiger partial charge < -0.3 is 19.7 Å².